The number of carbonyl (C=O) groups is 2. The van der Waals surface area contributed by atoms with Crippen LogP contribution in [0.1, 0.15) is 15.9 Å². The van der Waals surface area contributed by atoms with Gasteiger partial charge in [0, 0.05) is 11.6 Å². The van der Waals surface area contributed by atoms with E-state index in [1.165, 1.54) is 11.1 Å². The van der Waals surface area contributed by atoms with Crippen molar-refractivity contribution in [2.45, 2.75) is 6.42 Å². The summed E-state index contributed by atoms with van der Waals surface area (Å²) in [6.07, 6.45) is 0.644. The molecule has 6 heteroatoms. The number of hydrogen-bond acceptors (Lipinski definition) is 2. The second kappa shape index (κ2) is 6.07. The molecule has 0 radical (unpaired) electrons. The van der Waals surface area contributed by atoms with Crippen LogP contribution in [0.2, 0.25) is 5.02 Å². The molecular weight excluding hydrogens is 302 g/mol. The molecule has 0 saturated carbocycles. The molecule has 1 heterocycles. The number of hydrogen-bond donors (Lipinski definition) is 2. The summed E-state index contributed by atoms with van der Waals surface area (Å²) in [4.78, 5) is 24.4. The Kier molecular flexibility index (Phi) is 3.98. The van der Waals surface area contributed by atoms with E-state index in [1.807, 2.05) is 30.3 Å². The number of hydrazine groups is 1. The summed E-state index contributed by atoms with van der Waals surface area (Å²) in [6.45, 7) is 0.378. The highest BCUT2D eigenvalue weighted by Gasteiger charge is 2.24. The summed E-state index contributed by atoms with van der Waals surface area (Å²) in [5, 5.41) is 4.44. The lowest BCUT2D eigenvalue weighted by atomic mass is 10.1. The van der Waals surface area contributed by atoms with Crippen molar-refractivity contribution < 1.29 is 9.59 Å². The molecule has 0 bridgehead atoms. The number of rotatable bonds is 3. The van der Waals surface area contributed by atoms with Gasteiger partial charge in [-0.2, -0.15) is 0 Å². The monoisotopic (exact) mass is 315 g/mol. The fourth-order valence-electron chi connectivity index (χ4n) is 2.27. The maximum Gasteiger partial charge on any atom is 0.340 e. The van der Waals surface area contributed by atoms with Gasteiger partial charge in [-0.25, -0.2) is 9.80 Å². The van der Waals surface area contributed by atoms with Crippen LogP contribution >= 0.6 is 11.6 Å². The van der Waals surface area contributed by atoms with Gasteiger partial charge in [0.1, 0.15) is 0 Å². The van der Waals surface area contributed by atoms with E-state index in [2.05, 4.69) is 10.7 Å². The van der Waals surface area contributed by atoms with E-state index < -0.39 is 0 Å². The van der Waals surface area contributed by atoms with Crippen molar-refractivity contribution in [2.75, 3.05) is 11.9 Å². The van der Waals surface area contributed by atoms with Crippen LogP contribution in [0.4, 0.5) is 10.5 Å². The highest BCUT2D eigenvalue weighted by Crippen LogP contribution is 2.22. The van der Waals surface area contributed by atoms with Crippen LogP contribution in [0.3, 0.4) is 0 Å². The van der Waals surface area contributed by atoms with Crippen molar-refractivity contribution in [1.29, 1.82) is 0 Å². The van der Waals surface area contributed by atoms with E-state index in [4.69, 9.17) is 11.6 Å². The number of nitrogens with one attached hydrogen (secondary N) is 2. The average Bonchev–Trinajstić information content (AvgIpc) is 2.64. The zero-order valence-electron chi connectivity index (χ0n) is 11.7. The Morgan fingerprint density at radius 2 is 1.82 bits per heavy atom. The second-order valence-corrected chi connectivity index (χ2v) is 5.38. The maximum absolute atomic E-state index is 12.2. The SMILES string of the molecule is O=C1NN(CCc2ccccc2)C(=O)Nc2ccc(Cl)cc21. The Morgan fingerprint density at radius 1 is 1.05 bits per heavy atom. The molecule has 0 unspecified atom stereocenters. The van der Waals surface area contributed by atoms with Crippen LogP contribution in [0.15, 0.2) is 48.5 Å². The van der Waals surface area contributed by atoms with Gasteiger partial charge < -0.3 is 5.32 Å². The molecule has 5 nitrogen and oxygen atoms in total. The third-order valence-corrected chi connectivity index (χ3v) is 3.65. The number of carbonyl (C=O) groups excluding carboxylic acids is 2. The Bertz CT molecular complexity index is 719. The standard InChI is InChI=1S/C16H14ClN3O2/c17-12-6-7-14-13(10-12)15(21)19-20(16(22)18-14)9-8-11-4-2-1-3-5-11/h1-7,10H,8-9H2,(H,18,22)(H,19,21). The molecular formula is C16H14ClN3O2. The lowest BCUT2D eigenvalue weighted by molar-refractivity contribution is 0.0845. The van der Waals surface area contributed by atoms with E-state index in [-0.39, 0.29) is 11.9 Å². The topological polar surface area (TPSA) is 61.4 Å². The minimum atomic E-state index is -0.370. The number of nitrogens with zero attached hydrogens (tertiary/aromatic N) is 1. The van der Waals surface area contributed by atoms with Crippen molar-refractivity contribution in [3.05, 3.63) is 64.7 Å². The molecule has 1 aliphatic rings. The molecule has 2 aromatic carbocycles. The van der Waals surface area contributed by atoms with E-state index >= 15 is 0 Å². The van der Waals surface area contributed by atoms with Gasteiger partial charge >= 0.3 is 6.03 Å². The molecule has 3 rings (SSSR count). The number of amides is 3. The summed E-state index contributed by atoms with van der Waals surface area (Å²) >= 11 is 5.90. The number of benzene rings is 2. The van der Waals surface area contributed by atoms with Crippen molar-refractivity contribution >= 4 is 29.2 Å². The predicted octanol–water partition coefficient (Wildman–Crippen LogP) is 3.08. The van der Waals surface area contributed by atoms with Gasteiger partial charge in [-0.3, -0.25) is 10.2 Å². The third-order valence-electron chi connectivity index (χ3n) is 3.42. The smallest absolute Gasteiger partial charge is 0.306 e. The van der Waals surface area contributed by atoms with Crippen LogP contribution in [0.5, 0.6) is 0 Å². The molecule has 22 heavy (non-hydrogen) atoms. The van der Waals surface area contributed by atoms with Gasteiger partial charge in [-0.05, 0) is 30.2 Å². The van der Waals surface area contributed by atoms with Crippen LogP contribution < -0.4 is 10.7 Å². The minimum Gasteiger partial charge on any atom is -0.306 e. The first-order valence-electron chi connectivity index (χ1n) is 6.86. The lowest BCUT2D eigenvalue weighted by Crippen LogP contribution is -2.46. The molecule has 0 saturated heterocycles. The van der Waals surface area contributed by atoms with Gasteiger partial charge in [0.15, 0.2) is 0 Å². The summed E-state index contributed by atoms with van der Waals surface area (Å²) in [7, 11) is 0. The predicted molar refractivity (Wildman–Crippen MR) is 84.8 cm³/mol. The van der Waals surface area contributed by atoms with Gasteiger partial charge in [-0.15, -0.1) is 0 Å². The third kappa shape index (κ3) is 3.04. The van der Waals surface area contributed by atoms with Crippen molar-refractivity contribution in [3.63, 3.8) is 0 Å². The molecule has 0 spiro atoms. The van der Waals surface area contributed by atoms with Crippen LogP contribution in [-0.2, 0) is 6.42 Å². The van der Waals surface area contributed by atoms with E-state index in [1.54, 1.807) is 12.1 Å². The fourth-order valence-corrected chi connectivity index (χ4v) is 2.44. The molecule has 1 aliphatic heterocycles. The summed E-state index contributed by atoms with van der Waals surface area (Å²) < 4.78 is 0. The molecule has 0 atom stereocenters. The fraction of sp³-hybridized carbons (Fsp3) is 0.125. The molecule has 2 aromatic rings. The van der Waals surface area contributed by atoms with Gasteiger partial charge in [-0.1, -0.05) is 41.9 Å². The highest BCUT2D eigenvalue weighted by atomic mass is 35.5. The number of halogens is 1. The summed E-state index contributed by atoms with van der Waals surface area (Å²) in [5.74, 6) is -0.357. The first-order valence-corrected chi connectivity index (χ1v) is 7.24. The van der Waals surface area contributed by atoms with Crippen LogP contribution in [0, 0.1) is 0 Å². The van der Waals surface area contributed by atoms with E-state index in [0.717, 1.165) is 5.56 Å². The Labute approximate surface area is 132 Å². The Morgan fingerprint density at radius 3 is 2.59 bits per heavy atom. The van der Waals surface area contributed by atoms with Gasteiger partial charge in [0.2, 0.25) is 0 Å². The second-order valence-electron chi connectivity index (χ2n) is 4.95. The quantitative estimate of drug-likeness (QED) is 0.914. The zero-order valence-corrected chi connectivity index (χ0v) is 12.4. The largest absolute Gasteiger partial charge is 0.340 e. The molecule has 0 aromatic heterocycles. The average molecular weight is 316 g/mol. The molecule has 0 fully saturated rings. The number of urea groups is 1. The summed E-state index contributed by atoms with van der Waals surface area (Å²) in [5.41, 5.74) is 4.50. The Hall–Kier alpha value is -2.53. The van der Waals surface area contributed by atoms with Crippen molar-refractivity contribution in [2.24, 2.45) is 0 Å². The molecule has 3 amide bonds. The lowest BCUT2D eigenvalue weighted by Gasteiger charge is -2.20. The first-order chi connectivity index (χ1) is 10.6. The normalized spacial score (nSPS) is 14.0. The maximum atomic E-state index is 12.2. The molecule has 0 aliphatic carbocycles. The molecule has 2 N–H and O–H groups in total. The van der Waals surface area contributed by atoms with E-state index in [9.17, 15) is 9.59 Å². The minimum absolute atomic E-state index is 0.350. The van der Waals surface area contributed by atoms with E-state index in [0.29, 0.717) is 29.2 Å². The van der Waals surface area contributed by atoms with Crippen LogP contribution in [0.25, 0.3) is 0 Å². The first kappa shape index (κ1) is 14.4. The zero-order chi connectivity index (χ0) is 15.5. The van der Waals surface area contributed by atoms with Crippen molar-refractivity contribution in [3.8, 4) is 0 Å². The Balaban J connectivity index is 1.76. The highest BCUT2D eigenvalue weighted by molar-refractivity contribution is 6.31. The summed E-state index contributed by atoms with van der Waals surface area (Å²) in [6, 6.07) is 14.2. The molecule has 112 valence electrons. The van der Waals surface area contributed by atoms with Gasteiger partial charge in [0.25, 0.3) is 5.91 Å². The van der Waals surface area contributed by atoms with Gasteiger partial charge in [0.05, 0.1) is 11.3 Å². The van der Waals surface area contributed by atoms with Crippen molar-refractivity contribution in [1.82, 2.24) is 10.4 Å². The van der Waals surface area contributed by atoms with Crippen LogP contribution in [-0.4, -0.2) is 23.5 Å². The number of anilines is 1. The number of fused-ring (bicyclic) bond motifs is 1.